The van der Waals surface area contributed by atoms with Gasteiger partial charge in [-0.1, -0.05) is 35.7 Å². The molecule has 0 saturated carbocycles. The fourth-order valence-electron chi connectivity index (χ4n) is 5.19. The number of aliphatic imine (C=N–C) groups is 1. The molecule has 0 saturated heterocycles. The Morgan fingerprint density at radius 1 is 1.07 bits per heavy atom. The van der Waals surface area contributed by atoms with Gasteiger partial charge in [0.05, 0.1) is 24.3 Å². The molecule has 1 amide bonds. The Kier molecular flexibility index (Phi) is 8.65. The fourth-order valence-corrected chi connectivity index (χ4v) is 5.19. The number of rotatable bonds is 5. The average Bonchev–Trinajstić information content (AvgIpc) is 3.53. The second-order valence-corrected chi connectivity index (χ2v) is 10.0. The number of fused-ring (bicyclic) bond motifs is 3. The van der Waals surface area contributed by atoms with Gasteiger partial charge < -0.3 is 16.4 Å². The van der Waals surface area contributed by atoms with E-state index in [0.717, 1.165) is 72.3 Å². The molecule has 0 atom stereocenters. The molecule has 2 aromatic carbocycles. The number of aromatic nitrogens is 2. The van der Waals surface area contributed by atoms with Gasteiger partial charge in [-0.2, -0.15) is 0 Å². The van der Waals surface area contributed by atoms with Crippen LogP contribution >= 0.6 is 0 Å². The van der Waals surface area contributed by atoms with Crippen molar-refractivity contribution in [2.75, 3.05) is 25.4 Å². The number of anilines is 1. The van der Waals surface area contributed by atoms with Crippen molar-refractivity contribution in [2.45, 2.75) is 32.6 Å². The number of nitrogens with two attached hydrogens (primary N) is 1. The number of carbonyl (C=O) groups is 1. The summed E-state index contributed by atoms with van der Waals surface area (Å²) >= 11 is 0. The molecule has 6 rings (SSSR count). The Morgan fingerprint density at radius 3 is 2.54 bits per heavy atom. The second kappa shape index (κ2) is 12.9. The van der Waals surface area contributed by atoms with E-state index in [2.05, 4.69) is 63.6 Å². The standard InChI is InChI=1S/C28H24N4.C5H9N3O/c1-18-6-9-20(10-7-18)28-22-5-3-2-4-21(22)26-25(32-28)13-12-24(30)27(26)23(29)11-8-19-14-16-31-17-15-19;9-4-6-3-5-7-1-2-8-5/h6-7,9-10,12-17,29H,2-5,30H2,1H3;4H,1-3H2,(H,6,9)(H,7,8). The third-order valence-corrected chi connectivity index (χ3v) is 7.19. The normalized spacial score (nSPS) is 13.4. The number of nitrogen functional groups attached to an aromatic ring is 1. The van der Waals surface area contributed by atoms with Crippen LogP contribution < -0.4 is 16.4 Å². The van der Waals surface area contributed by atoms with E-state index in [0.29, 0.717) is 24.2 Å². The van der Waals surface area contributed by atoms with Gasteiger partial charge in [-0.25, -0.2) is 4.98 Å². The van der Waals surface area contributed by atoms with Crippen LogP contribution in [0.5, 0.6) is 0 Å². The lowest BCUT2D eigenvalue weighted by Gasteiger charge is -2.23. The molecule has 8 nitrogen and oxygen atoms in total. The van der Waals surface area contributed by atoms with Crippen LogP contribution in [0, 0.1) is 24.2 Å². The maximum atomic E-state index is 9.77. The molecule has 0 radical (unpaired) electrons. The maximum Gasteiger partial charge on any atom is 0.207 e. The van der Waals surface area contributed by atoms with E-state index in [1.165, 1.54) is 16.7 Å². The van der Waals surface area contributed by atoms with Gasteiger partial charge in [0.1, 0.15) is 11.5 Å². The van der Waals surface area contributed by atoms with Crippen LogP contribution in [-0.4, -0.2) is 47.6 Å². The van der Waals surface area contributed by atoms with Crippen LogP contribution in [0.15, 0.2) is 65.9 Å². The predicted molar refractivity (Wildman–Crippen MR) is 165 cm³/mol. The number of carbonyl (C=O) groups excluding carboxylic acids is 1. The van der Waals surface area contributed by atoms with Gasteiger partial charge in [-0.3, -0.25) is 20.2 Å². The molecule has 0 unspecified atom stereocenters. The van der Waals surface area contributed by atoms with E-state index in [-0.39, 0.29) is 5.71 Å². The topological polar surface area (TPSA) is 129 Å². The molecule has 206 valence electrons. The Hall–Kier alpha value is -5.03. The van der Waals surface area contributed by atoms with Crippen LogP contribution in [0.3, 0.4) is 0 Å². The lowest BCUT2D eigenvalue weighted by atomic mass is 9.84. The summed E-state index contributed by atoms with van der Waals surface area (Å²) in [7, 11) is 0. The first-order valence-corrected chi connectivity index (χ1v) is 13.8. The monoisotopic (exact) mass is 543 g/mol. The molecule has 2 aliphatic rings. The Morgan fingerprint density at radius 2 is 1.83 bits per heavy atom. The smallest absolute Gasteiger partial charge is 0.207 e. The Bertz CT molecular complexity index is 1670. The number of hydrogen-bond donors (Lipinski definition) is 4. The number of hydrogen-bond acceptors (Lipinski definition) is 7. The van der Waals surface area contributed by atoms with Crippen LogP contribution in [0.2, 0.25) is 0 Å². The van der Waals surface area contributed by atoms with Gasteiger partial charge in [0.15, 0.2) is 0 Å². The number of amidine groups is 1. The summed E-state index contributed by atoms with van der Waals surface area (Å²) in [4.78, 5) is 22.9. The third kappa shape index (κ3) is 6.42. The molecule has 41 heavy (non-hydrogen) atoms. The average molecular weight is 544 g/mol. The van der Waals surface area contributed by atoms with E-state index >= 15 is 0 Å². The molecule has 0 fully saturated rings. The van der Waals surface area contributed by atoms with E-state index in [1.807, 2.05) is 24.3 Å². The van der Waals surface area contributed by atoms with Crippen molar-refractivity contribution >= 4 is 34.5 Å². The summed E-state index contributed by atoms with van der Waals surface area (Å²) in [6, 6.07) is 16.1. The van der Waals surface area contributed by atoms with E-state index in [4.69, 9.17) is 16.1 Å². The quantitative estimate of drug-likeness (QED) is 0.130. The maximum absolute atomic E-state index is 9.77. The zero-order chi connectivity index (χ0) is 28.6. The zero-order valence-electron chi connectivity index (χ0n) is 23.1. The number of benzene rings is 2. The van der Waals surface area contributed by atoms with Gasteiger partial charge in [0, 0.05) is 46.7 Å². The second-order valence-electron chi connectivity index (χ2n) is 10.0. The highest BCUT2D eigenvalue weighted by Crippen LogP contribution is 2.38. The Labute approximate surface area is 240 Å². The number of amides is 1. The number of aryl methyl sites for hydroxylation is 2. The SMILES string of the molecule is Cc1ccc(-c2nc3ccc(N)c(C(=N)C#Cc4ccncc4)c3c3c2CCCC3)cc1.O=CNCC1=NCCN1. The van der Waals surface area contributed by atoms with Crippen molar-refractivity contribution < 1.29 is 4.79 Å². The number of nitrogens with one attached hydrogen (secondary N) is 3. The minimum atomic E-state index is 0.225. The first kappa shape index (κ1) is 27.5. The third-order valence-electron chi connectivity index (χ3n) is 7.19. The Balaban J connectivity index is 0.000000321. The molecule has 0 spiro atoms. The summed E-state index contributed by atoms with van der Waals surface area (Å²) < 4.78 is 0. The molecular formula is C33H33N7O. The summed E-state index contributed by atoms with van der Waals surface area (Å²) in [6.45, 7) is 4.36. The van der Waals surface area contributed by atoms with Gasteiger partial charge in [0.25, 0.3) is 0 Å². The van der Waals surface area contributed by atoms with Gasteiger partial charge >= 0.3 is 0 Å². The molecule has 1 aliphatic carbocycles. The van der Waals surface area contributed by atoms with Crippen LogP contribution in [0.4, 0.5) is 5.69 Å². The molecule has 0 bridgehead atoms. The molecule has 2 aromatic heterocycles. The summed E-state index contributed by atoms with van der Waals surface area (Å²) in [5.41, 5.74) is 15.6. The summed E-state index contributed by atoms with van der Waals surface area (Å²) in [5.74, 6) is 6.95. The molecule has 1 aliphatic heterocycles. The molecule has 8 heteroatoms. The van der Waals surface area contributed by atoms with E-state index in [9.17, 15) is 4.79 Å². The van der Waals surface area contributed by atoms with Crippen molar-refractivity contribution in [2.24, 2.45) is 4.99 Å². The lowest BCUT2D eigenvalue weighted by molar-refractivity contribution is -0.109. The van der Waals surface area contributed by atoms with Crippen molar-refractivity contribution in [1.29, 1.82) is 5.41 Å². The fraction of sp³-hybridized carbons (Fsp3) is 0.242. The largest absolute Gasteiger partial charge is 0.398 e. The first-order chi connectivity index (χ1) is 20.0. The minimum Gasteiger partial charge on any atom is -0.398 e. The van der Waals surface area contributed by atoms with E-state index in [1.54, 1.807) is 12.4 Å². The van der Waals surface area contributed by atoms with Gasteiger partial charge in [-0.15, -0.1) is 0 Å². The number of nitrogens with zero attached hydrogens (tertiary/aromatic N) is 3. The van der Waals surface area contributed by atoms with Crippen LogP contribution in [-0.2, 0) is 17.6 Å². The van der Waals surface area contributed by atoms with Crippen molar-refractivity contribution in [3.63, 3.8) is 0 Å². The molecular weight excluding hydrogens is 510 g/mol. The highest BCUT2D eigenvalue weighted by molar-refractivity contribution is 6.21. The zero-order valence-corrected chi connectivity index (χ0v) is 23.1. The highest BCUT2D eigenvalue weighted by atomic mass is 16.1. The van der Waals surface area contributed by atoms with Gasteiger partial charge in [0.2, 0.25) is 6.41 Å². The van der Waals surface area contributed by atoms with Crippen molar-refractivity contribution in [3.05, 3.63) is 88.7 Å². The minimum absolute atomic E-state index is 0.225. The first-order valence-electron chi connectivity index (χ1n) is 13.8. The lowest BCUT2D eigenvalue weighted by Crippen LogP contribution is -2.30. The van der Waals surface area contributed by atoms with Crippen molar-refractivity contribution in [1.82, 2.24) is 20.6 Å². The number of pyridine rings is 2. The van der Waals surface area contributed by atoms with Crippen LogP contribution in [0.1, 0.15) is 40.7 Å². The molecule has 3 heterocycles. The molecule has 5 N–H and O–H groups in total. The van der Waals surface area contributed by atoms with Crippen LogP contribution in [0.25, 0.3) is 22.2 Å². The summed E-state index contributed by atoms with van der Waals surface area (Å²) in [5, 5.41) is 15.3. The van der Waals surface area contributed by atoms with E-state index < -0.39 is 0 Å². The van der Waals surface area contributed by atoms with Gasteiger partial charge in [-0.05, 0) is 73.9 Å². The summed E-state index contributed by atoms with van der Waals surface area (Å²) in [6.07, 6.45) is 8.31. The predicted octanol–water partition coefficient (Wildman–Crippen LogP) is 4.22. The molecule has 4 aromatic rings. The van der Waals surface area contributed by atoms with Crippen molar-refractivity contribution in [3.8, 4) is 23.1 Å². The highest BCUT2D eigenvalue weighted by Gasteiger charge is 2.23.